The Kier molecular flexibility index (Phi) is 4.94. The number of rotatable bonds is 6. The Morgan fingerprint density at radius 1 is 1.55 bits per heavy atom. The number of carbonyl (C=O) groups is 2. The molecule has 5 heteroatoms. The SMILES string of the molecule is CCN1CC(CN(C)Cc2csc(C(C)=O)c2)CC1=O. The van der Waals surface area contributed by atoms with Crippen molar-refractivity contribution in [1.82, 2.24) is 9.80 Å². The number of amides is 1. The molecule has 0 aromatic carbocycles. The number of ketones is 1. The summed E-state index contributed by atoms with van der Waals surface area (Å²) in [5, 5.41) is 2.05. The molecule has 2 rings (SSSR count). The van der Waals surface area contributed by atoms with Crippen LogP contribution in [0.4, 0.5) is 0 Å². The molecule has 0 radical (unpaired) electrons. The van der Waals surface area contributed by atoms with E-state index in [1.165, 1.54) is 16.9 Å². The summed E-state index contributed by atoms with van der Waals surface area (Å²) < 4.78 is 0. The lowest BCUT2D eigenvalue weighted by molar-refractivity contribution is -0.127. The zero-order chi connectivity index (χ0) is 14.7. The molecule has 1 saturated heterocycles. The van der Waals surface area contributed by atoms with Crippen LogP contribution < -0.4 is 0 Å². The number of hydrogen-bond acceptors (Lipinski definition) is 4. The predicted octanol–water partition coefficient (Wildman–Crippen LogP) is 2.25. The molecule has 1 atom stereocenters. The number of likely N-dealkylation sites (tertiary alicyclic amines) is 1. The van der Waals surface area contributed by atoms with Crippen molar-refractivity contribution in [2.45, 2.75) is 26.8 Å². The topological polar surface area (TPSA) is 40.6 Å². The Balaban J connectivity index is 1.84. The standard InChI is InChI=1S/C15H22N2O2S/c1-4-17-9-12(6-15(17)19)7-16(3)8-13-5-14(11(2)18)20-10-13/h5,10,12H,4,6-9H2,1-3H3. The molecule has 1 amide bonds. The molecule has 1 unspecified atom stereocenters. The van der Waals surface area contributed by atoms with E-state index < -0.39 is 0 Å². The second-order valence-corrected chi connectivity index (χ2v) is 6.49. The molecule has 0 bridgehead atoms. The molecule has 0 N–H and O–H groups in total. The number of Topliss-reactive ketones (excluding diaryl/α,β-unsaturated/α-hetero) is 1. The normalized spacial score (nSPS) is 19.1. The van der Waals surface area contributed by atoms with Crippen LogP contribution in [0.3, 0.4) is 0 Å². The van der Waals surface area contributed by atoms with Crippen LogP contribution >= 0.6 is 11.3 Å². The summed E-state index contributed by atoms with van der Waals surface area (Å²) >= 11 is 1.51. The summed E-state index contributed by atoms with van der Waals surface area (Å²) in [6, 6.07) is 1.97. The van der Waals surface area contributed by atoms with Gasteiger partial charge in [0.05, 0.1) is 4.88 Å². The minimum Gasteiger partial charge on any atom is -0.343 e. The first-order chi connectivity index (χ1) is 9.49. The van der Waals surface area contributed by atoms with E-state index in [-0.39, 0.29) is 11.7 Å². The molecule has 1 aliphatic rings. The third-order valence-electron chi connectivity index (χ3n) is 3.70. The third-order valence-corrected chi connectivity index (χ3v) is 4.78. The number of nitrogens with zero attached hydrogens (tertiary/aromatic N) is 2. The van der Waals surface area contributed by atoms with Gasteiger partial charge in [0.2, 0.25) is 5.91 Å². The average Bonchev–Trinajstić information content (AvgIpc) is 2.96. The molecule has 20 heavy (non-hydrogen) atoms. The maximum Gasteiger partial charge on any atom is 0.222 e. The zero-order valence-corrected chi connectivity index (χ0v) is 13.2. The van der Waals surface area contributed by atoms with Gasteiger partial charge < -0.3 is 9.80 Å². The second kappa shape index (κ2) is 6.50. The Morgan fingerprint density at radius 3 is 2.85 bits per heavy atom. The molecule has 0 spiro atoms. The zero-order valence-electron chi connectivity index (χ0n) is 12.4. The quantitative estimate of drug-likeness (QED) is 0.756. The Labute approximate surface area is 124 Å². The van der Waals surface area contributed by atoms with Crippen molar-refractivity contribution in [2.75, 3.05) is 26.7 Å². The van der Waals surface area contributed by atoms with Gasteiger partial charge in [-0.05, 0) is 43.8 Å². The predicted molar refractivity (Wildman–Crippen MR) is 81.0 cm³/mol. The minimum absolute atomic E-state index is 0.129. The van der Waals surface area contributed by atoms with Crippen molar-refractivity contribution in [2.24, 2.45) is 5.92 Å². The molecule has 0 saturated carbocycles. The first-order valence-electron chi connectivity index (χ1n) is 7.04. The van der Waals surface area contributed by atoms with Gasteiger partial charge in [-0.2, -0.15) is 0 Å². The molecular weight excluding hydrogens is 272 g/mol. The molecule has 1 fully saturated rings. The van der Waals surface area contributed by atoms with Crippen molar-refractivity contribution < 1.29 is 9.59 Å². The molecule has 0 aliphatic carbocycles. The van der Waals surface area contributed by atoms with Gasteiger partial charge in [-0.1, -0.05) is 0 Å². The van der Waals surface area contributed by atoms with Crippen LogP contribution in [-0.4, -0.2) is 48.2 Å². The van der Waals surface area contributed by atoms with Gasteiger partial charge in [-0.15, -0.1) is 11.3 Å². The Hall–Kier alpha value is -1.20. The van der Waals surface area contributed by atoms with E-state index in [2.05, 4.69) is 11.9 Å². The average molecular weight is 294 g/mol. The summed E-state index contributed by atoms with van der Waals surface area (Å²) in [5.74, 6) is 0.836. The fourth-order valence-corrected chi connectivity index (χ4v) is 3.55. The van der Waals surface area contributed by atoms with E-state index >= 15 is 0 Å². The van der Waals surface area contributed by atoms with E-state index in [1.807, 2.05) is 23.3 Å². The highest BCUT2D eigenvalue weighted by Crippen LogP contribution is 2.20. The fraction of sp³-hybridized carbons (Fsp3) is 0.600. The van der Waals surface area contributed by atoms with Crippen LogP contribution in [0.5, 0.6) is 0 Å². The number of thiophene rings is 1. The van der Waals surface area contributed by atoms with Crippen LogP contribution in [0.1, 0.15) is 35.5 Å². The van der Waals surface area contributed by atoms with Crippen molar-refractivity contribution in [3.63, 3.8) is 0 Å². The smallest absolute Gasteiger partial charge is 0.222 e. The van der Waals surface area contributed by atoms with Crippen LogP contribution in [0.25, 0.3) is 0 Å². The highest BCUT2D eigenvalue weighted by Gasteiger charge is 2.28. The van der Waals surface area contributed by atoms with E-state index in [9.17, 15) is 9.59 Å². The third kappa shape index (κ3) is 3.67. The highest BCUT2D eigenvalue weighted by molar-refractivity contribution is 7.12. The van der Waals surface area contributed by atoms with Crippen LogP contribution in [0.2, 0.25) is 0 Å². The molecule has 110 valence electrons. The monoisotopic (exact) mass is 294 g/mol. The molecule has 4 nitrogen and oxygen atoms in total. The van der Waals surface area contributed by atoms with E-state index in [0.717, 1.165) is 31.1 Å². The fourth-order valence-electron chi connectivity index (χ4n) is 2.74. The molecular formula is C15H22N2O2S. The summed E-state index contributed by atoms with van der Waals surface area (Å²) in [6.07, 6.45) is 0.667. The van der Waals surface area contributed by atoms with E-state index in [1.54, 1.807) is 6.92 Å². The minimum atomic E-state index is 0.129. The molecule has 1 aromatic rings. The van der Waals surface area contributed by atoms with Gasteiger partial charge in [0.25, 0.3) is 0 Å². The van der Waals surface area contributed by atoms with Crippen LogP contribution in [-0.2, 0) is 11.3 Å². The highest BCUT2D eigenvalue weighted by atomic mass is 32.1. The van der Waals surface area contributed by atoms with Crippen molar-refractivity contribution >= 4 is 23.0 Å². The van der Waals surface area contributed by atoms with Crippen LogP contribution in [0.15, 0.2) is 11.4 Å². The summed E-state index contributed by atoms with van der Waals surface area (Å²) in [7, 11) is 2.07. The molecule has 1 aliphatic heterocycles. The largest absolute Gasteiger partial charge is 0.343 e. The van der Waals surface area contributed by atoms with Crippen molar-refractivity contribution in [3.8, 4) is 0 Å². The lowest BCUT2D eigenvalue weighted by atomic mass is 10.1. The van der Waals surface area contributed by atoms with Crippen LogP contribution in [0, 0.1) is 5.92 Å². The maximum absolute atomic E-state index is 11.7. The van der Waals surface area contributed by atoms with Crippen molar-refractivity contribution in [1.29, 1.82) is 0 Å². The molecule has 1 aromatic heterocycles. The van der Waals surface area contributed by atoms with Gasteiger partial charge in [0, 0.05) is 32.6 Å². The van der Waals surface area contributed by atoms with E-state index in [4.69, 9.17) is 0 Å². The summed E-state index contributed by atoms with van der Waals surface area (Å²) in [4.78, 5) is 28.0. The van der Waals surface area contributed by atoms with Gasteiger partial charge in [0.15, 0.2) is 5.78 Å². The lowest BCUT2D eigenvalue weighted by Crippen LogP contribution is -2.28. The van der Waals surface area contributed by atoms with E-state index in [0.29, 0.717) is 12.3 Å². The Bertz CT molecular complexity index is 498. The Morgan fingerprint density at radius 2 is 2.30 bits per heavy atom. The number of carbonyl (C=O) groups excluding carboxylic acids is 2. The lowest BCUT2D eigenvalue weighted by Gasteiger charge is -2.20. The van der Waals surface area contributed by atoms with Crippen molar-refractivity contribution in [3.05, 3.63) is 21.9 Å². The first kappa shape index (κ1) is 15.2. The van der Waals surface area contributed by atoms with Gasteiger partial charge in [-0.3, -0.25) is 9.59 Å². The first-order valence-corrected chi connectivity index (χ1v) is 7.92. The van der Waals surface area contributed by atoms with Gasteiger partial charge in [-0.25, -0.2) is 0 Å². The molecule has 2 heterocycles. The number of hydrogen-bond donors (Lipinski definition) is 0. The summed E-state index contributed by atoms with van der Waals surface area (Å²) in [6.45, 7) is 7.07. The van der Waals surface area contributed by atoms with Gasteiger partial charge in [0.1, 0.15) is 0 Å². The van der Waals surface area contributed by atoms with Gasteiger partial charge >= 0.3 is 0 Å². The second-order valence-electron chi connectivity index (χ2n) is 5.57. The summed E-state index contributed by atoms with van der Waals surface area (Å²) in [5.41, 5.74) is 1.18. The maximum atomic E-state index is 11.7.